The molecule has 26 heavy (non-hydrogen) atoms. The maximum Gasteiger partial charge on any atom is 0.319 e. The van der Waals surface area contributed by atoms with Crippen molar-refractivity contribution in [3.05, 3.63) is 0 Å². The van der Waals surface area contributed by atoms with Crippen LogP contribution in [0.15, 0.2) is 0 Å². The van der Waals surface area contributed by atoms with Crippen molar-refractivity contribution in [2.45, 2.75) is 57.5 Å². The van der Waals surface area contributed by atoms with Crippen LogP contribution in [-0.4, -0.2) is 79.6 Å². The predicted molar refractivity (Wildman–Crippen MR) is 101 cm³/mol. The molecule has 0 aromatic heterocycles. The molecule has 0 radical (unpaired) electrons. The van der Waals surface area contributed by atoms with Gasteiger partial charge < -0.3 is 19.4 Å². The summed E-state index contributed by atoms with van der Waals surface area (Å²) in [7, 11) is 3.56. The zero-order valence-electron chi connectivity index (χ0n) is 16.5. The van der Waals surface area contributed by atoms with Gasteiger partial charge in [-0.05, 0) is 25.2 Å². The maximum atomic E-state index is 13.0. The number of amides is 3. The lowest BCUT2D eigenvalue weighted by Crippen LogP contribution is -2.51. The van der Waals surface area contributed by atoms with E-state index in [-0.39, 0.29) is 24.0 Å². The molecule has 3 fully saturated rings. The number of hydrogen-bond acceptors (Lipinski definition) is 3. The van der Waals surface area contributed by atoms with E-state index in [0.29, 0.717) is 19.7 Å². The molecular formula is C20H35N3O3. The lowest BCUT2D eigenvalue weighted by molar-refractivity contribution is -0.145. The Bertz CT molecular complexity index is 483. The fourth-order valence-corrected chi connectivity index (χ4v) is 4.72. The second-order valence-corrected chi connectivity index (χ2v) is 8.46. The van der Waals surface area contributed by atoms with E-state index in [1.807, 2.05) is 9.80 Å². The van der Waals surface area contributed by atoms with E-state index >= 15 is 0 Å². The van der Waals surface area contributed by atoms with Crippen molar-refractivity contribution in [2.24, 2.45) is 11.8 Å². The van der Waals surface area contributed by atoms with Gasteiger partial charge in [-0.3, -0.25) is 4.79 Å². The van der Waals surface area contributed by atoms with Crippen LogP contribution in [0.1, 0.15) is 51.4 Å². The Morgan fingerprint density at radius 1 is 0.962 bits per heavy atom. The second-order valence-electron chi connectivity index (χ2n) is 8.46. The Morgan fingerprint density at radius 2 is 1.65 bits per heavy atom. The molecule has 6 heteroatoms. The van der Waals surface area contributed by atoms with Crippen LogP contribution in [-0.2, 0) is 9.53 Å². The van der Waals surface area contributed by atoms with Crippen LogP contribution >= 0.6 is 0 Å². The van der Waals surface area contributed by atoms with E-state index in [1.165, 1.54) is 32.1 Å². The molecular weight excluding hydrogens is 330 g/mol. The van der Waals surface area contributed by atoms with Crippen molar-refractivity contribution in [3.63, 3.8) is 0 Å². The first-order valence-corrected chi connectivity index (χ1v) is 10.4. The molecule has 6 nitrogen and oxygen atoms in total. The highest BCUT2D eigenvalue weighted by atomic mass is 16.5. The number of hydrogen-bond donors (Lipinski definition) is 0. The number of carbonyl (C=O) groups excluding carboxylic acids is 2. The van der Waals surface area contributed by atoms with Gasteiger partial charge in [-0.2, -0.15) is 0 Å². The van der Waals surface area contributed by atoms with E-state index in [2.05, 4.69) is 0 Å². The average Bonchev–Trinajstić information content (AvgIpc) is 2.68. The molecule has 3 aliphatic rings. The van der Waals surface area contributed by atoms with E-state index in [9.17, 15) is 9.59 Å². The normalized spacial score (nSPS) is 26.0. The van der Waals surface area contributed by atoms with Crippen LogP contribution < -0.4 is 0 Å². The lowest BCUT2D eigenvalue weighted by Gasteiger charge is -2.39. The molecule has 0 N–H and O–H groups in total. The smallest absolute Gasteiger partial charge is 0.319 e. The monoisotopic (exact) mass is 365 g/mol. The van der Waals surface area contributed by atoms with Gasteiger partial charge in [-0.25, -0.2) is 4.79 Å². The molecule has 1 atom stereocenters. The van der Waals surface area contributed by atoms with Crippen LogP contribution in [0.2, 0.25) is 0 Å². The molecule has 0 aromatic carbocycles. The Balaban J connectivity index is 1.46. The minimum atomic E-state index is 0.0508. The average molecular weight is 366 g/mol. The third-order valence-corrected chi connectivity index (χ3v) is 6.27. The SMILES string of the molecule is CN(C)C(=O)N1CCC(C(=O)N2CCO[C@H](CC3CCCCC3)C2)CC1. The summed E-state index contributed by atoms with van der Waals surface area (Å²) in [6.45, 7) is 3.51. The third-order valence-electron chi connectivity index (χ3n) is 6.27. The molecule has 1 saturated carbocycles. The maximum absolute atomic E-state index is 13.0. The molecule has 2 aliphatic heterocycles. The number of urea groups is 1. The largest absolute Gasteiger partial charge is 0.375 e. The Morgan fingerprint density at radius 3 is 2.31 bits per heavy atom. The Kier molecular flexibility index (Phi) is 6.79. The number of carbonyl (C=O) groups is 2. The summed E-state index contributed by atoms with van der Waals surface area (Å²) in [6.07, 6.45) is 9.62. The highest BCUT2D eigenvalue weighted by Gasteiger charge is 2.33. The van der Waals surface area contributed by atoms with Crippen molar-refractivity contribution in [1.82, 2.24) is 14.7 Å². The van der Waals surface area contributed by atoms with E-state index in [0.717, 1.165) is 38.3 Å². The topological polar surface area (TPSA) is 53.1 Å². The van der Waals surface area contributed by atoms with E-state index in [1.54, 1.807) is 19.0 Å². The summed E-state index contributed by atoms with van der Waals surface area (Å²) < 4.78 is 5.97. The summed E-state index contributed by atoms with van der Waals surface area (Å²) in [5.41, 5.74) is 0. The number of piperidine rings is 1. The number of ether oxygens (including phenoxy) is 1. The van der Waals surface area contributed by atoms with Crippen molar-refractivity contribution >= 4 is 11.9 Å². The first kappa shape index (κ1) is 19.5. The molecule has 0 spiro atoms. The van der Waals surface area contributed by atoms with Crippen LogP contribution in [0.5, 0.6) is 0 Å². The van der Waals surface area contributed by atoms with Crippen molar-refractivity contribution in [3.8, 4) is 0 Å². The van der Waals surface area contributed by atoms with Gasteiger partial charge in [0.2, 0.25) is 5.91 Å². The summed E-state index contributed by atoms with van der Waals surface area (Å²) in [5, 5.41) is 0. The van der Waals surface area contributed by atoms with Crippen LogP contribution in [0.4, 0.5) is 4.79 Å². The van der Waals surface area contributed by atoms with E-state index in [4.69, 9.17) is 4.74 Å². The lowest BCUT2D eigenvalue weighted by atomic mass is 9.85. The third kappa shape index (κ3) is 4.90. The number of nitrogens with zero attached hydrogens (tertiary/aromatic N) is 3. The van der Waals surface area contributed by atoms with Crippen LogP contribution in [0, 0.1) is 11.8 Å². The molecule has 3 amide bonds. The van der Waals surface area contributed by atoms with Gasteiger partial charge in [0, 0.05) is 46.2 Å². The zero-order chi connectivity index (χ0) is 18.5. The number of morpholine rings is 1. The van der Waals surface area contributed by atoms with Gasteiger partial charge in [0.05, 0.1) is 12.7 Å². The Labute approximate surface area is 157 Å². The van der Waals surface area contributed by atoms with Gasteiger partial charge >= 0.3 is 6.03 Å². The molecule has 3 rings (SSSR count). The molecule has 148 valence electrons. The van der Waals surface area contributed by atoms with Gasteiger partial charge in [0.1, 0.15) is 0 Å². The summed E-state index contributed by atoms with van der Waals surface area (Å²) in [4.78, 5) is 30.5. The summed E-state index contributed by atoms with van der Waals surface area (Å²) in [6, 6.07) is 0.0508. The highest BCUT2D eigenvalue weighted by Crippen LogP contribution is 2.29. The van der Waals surface area contributed by atoms with Crippen molar-refractivity contribution in [2.75, 3.05) is 46.9 Å². The molecule has 0 bridgehead atoms. The zero-order valence-corrected chi connectivity index (χ0v) is 16.5. The van der Waals surface area contributed by atoms with Gasteiger partial charge in [0.25, 0.3) is 0 Å². The van der Waals surface area contributed by atoms with Crippen molar-refractivity contribution in [1.29, 1.82) is 0 Å². The fourth-order valence-electron chi connectivity index (χ4n) is 4.72. The quantitative estimate of drug-likeness (QED) is 0.772. The Hall–Kier alpha value is -1.30. The van der Waals surface area contributed by atoms with Crippen molar-refractivity contribution < 1.29 is 14.3 Å². The van der Waals surface area contributed by atoms with E-state index < -0.39 is 0 Å². The predicted octanol–water partition coefficient (Wildman–Crippen LogP) is 2.58. The molecule has 1 aliphatic carbocycles. The minimum absolute atomic E-state index is 0.0508. The molecule has 2 heterocycles. The first-order valence-electron chi connectivity index (χ1n) is 10.4. The fraction of sp³-hybridized carbons (Fsp3) is 0.900. The van der Waals surface area contributed by atoms with Gasteiger partial charge in [-0.1, -0.05) is 32.1 Å². The van der Waals surface area contributed by atoms with Crippen LogP contribution in [0.3, 0.4) is 0 Å². The molecule has 2 saturated heterocycles. The molecule has 0 unspecified atom stereocenters. The summed E-state index contributed by atoms with van der Waals surface area (Å²) >= 11 is 0. The molecule has 0 aromatic rings. The van der Waals surface area contributed by atoms with Crippen LogP contribution in [0.25, 0.3) is 0 Å². The number of rotatable bonds is 3. The first-order chi connectivity index (χ1) is 12.5. The summed E-state index contributed by atoms with van der Waals surface area (Å²) in [5.74, 6) is 1.12. The number of likely N-dealkylation sites (tertiary alicyclic amines) is 1. The van der Waals surface area contributed by atoms with Gasteiger partial charge in [0.15, 0.2) is 0 Å². The highest BCUT2D eigenvalue weighted by molar-refractivity contribution is 5.80. The van der Waals surface area contributed by atoms with Gasteiger partial charge in [-0.15, -0.1) is 0 Å². The second kappa shape index (κ2) is 9.07. The minimum Gasteiger partial charge on any atom is -0.375 e. The standard InChI is InChI=1S/C20H35N3O3/c1-21(2)20(25)22-10-8-17(9-11-22)19(24)23-12-13-26-18(15-23)14-16-6-4-3-5-7-16/h16-18H,3-15H2,1-2H3/t18-/m1/s1.